The highest BCUT2D eigenvalue weighted by Gasteiger charge is 1.91. The van der Waals surface area contributed by atoms with Crippen LogP contribution in [0.4, 0.5) is 0 Å². The van der Waals surface area contributed by atoms with E-state index in [1.807, 2.05) is 0 Å². The van der Waals surface area contributed by atoms with E-state index >= 15 is 0 Å². The average molecular weight is 170 g/mol. The second-order valence-corrected chi connectivity index (χ2v) is 2.30. The standard InChI is InChI=1S/C8H8ClNO/c1-2-5-11-7-3-4-8(9)10-6-7/h2-4,6H,1,5H2. The van der Waals surface area contributed by atoms with Gasteiger partial charge in [-0.15, -0.1) is 0 Å². The summed E-state index contributed by atoms with van der Waals surface area (Å²) in [6.07, 6.45) is 3.25. The van der Waals surface area contributed by atoms with E-state index in [0.717, 1.165) is 0 Å². The van der Waals surface area contributed by atoms with Crippen molar-refractivity contribution in [2.24, 2.45) is 0 Å². The maximum Gasteiger partial charge on any atom is 0.138 e. The molecule has 0 atom stereocenters. The Labute approximate surface area is 70.5 Å². The highest BCUT2D eigenvalue weighted by atomic mass is 35.5. The molecule has 0 unspecified atom stereocenters. The first-order valence-electron chi connectivity index (χ1n) is 3.18. The molecule has 0 aromatic carbocycles. The van der Waals surface area contributed by atoms with Crippen molar-refractivity contribution in [1.29, 1.82) is 0 Å². The number of nitrogens with zero attached hydrogens (tertiary/aromatic N) is 1. The van der Waals surface area contributed by atoms with E-state index in [2.05, 4.69) is 11.6 Å². The largest absolute Gasteiger partial charge is 0.488 e. The Balaban J connectivity index is 2.58. The number of pyridine rings is 1. The van der Waals surface area contributed by atoms with Gasteiger partial charge in [0.1, 0.15) is 17.5 Å². The van der Waals surface area contributed by atoms with Gasteiger partial charge in [0.15, 0.2) is 0 Å². The predicted molar refractivity (Wildman–Crippen MR) is 44.9 cm³/mol. The van der Waals surface area contributed by atoms with E-state index in [1.54, 1.807) is 24.4 Å². The lowest BCUT2D eigenvalue weighted by molar-refractivity contribution is 0.361. The maximum atomic E-state index is 5.56. The maximum absolute atomic E-state index is 5.56. The fraction of sp³-hybridized carbons (Fsp3) is 0.125. The van der Waals surface area contributed by atoms with Gasteiger partial charge in [0.25, 0.3) is 0 Å². The Bertz CT molecular complexity index is 232. The van der Waals surface area contributed by atoms with Gasteiger partial charge in [0.2, 0.25) is 0 Å². The molecular weight excluding hydrogens is 162 g/mol. The van der Waals surface area contributed by atoms with Crippen LogP contribution < -0.4 is 4.74 Å². The first kappa shape index (κ1) is 8.08. The summed E-state index contributed by atoms with van der Waals surface area (Å²) in [6.45, 7) is 4.01. The zero-order valence-corrected chi connectivity index (χ0v) is 6.71. The quantitative estimate of drug-likeness (QED) is 0.512. The molecule has 0 saturated heterocycles. The molecule has 58 valence electrons. The number of aromatic nitrogens is 1. The highest BCUT2D eigenvalue weighted by molar-refractivity contribution is 6.29. The van der Waals surface area contributed by atoms with Gasteiger partial charge in [-0.25, -0.2) is 4.98 Å². The smallest absolute Gasteiger partial charge is 0.138 e. The van der Waals surface area contributed by atoms with Crippen molar-refractivity contribution in [3.05, 3.63) is 36.1 Å². The molecule has 3 heteroatoms. The van der Waals surface area contributed by atoms with Gasteiger partial charge in [-0.05, 0) is 12.1 Å². The Morgan fingerprint density at radius 1 is 1.64 bits per heavy atom. The zero-order chi connectivity index (χ0) is 8.10. The second-order valence-electron chi connectivity index (χ2n) is 1.92. The summed E-state index contributed by atoms with van der Waals surface area (Å²) < 4.78 is 5.17. The molecule has 11 heavy (non-hydrogen) atoms. The van der Waals surface area contributed by atoms with E-state index in [1.165, 1.54) is 0 Å². The van der Waals surface area contributed by atoms with E-state index in [-0.39, 0.29) is 0 Å². The van der Waals surface area contributed by atoms with Crippen molar-refractivity contribution in [2.75, 3.05) is 6.61 Å². The average Bonchev–Trinajstić information content (AvgIpc) is 2.04. The van der Waals surface area contributed by atoms with Crippen molar-refractivity contribution < 1.29 is 4.74 Å². The lowest BCUT2D eigenvalue weighted by Crippen LogP contribution is -1.92. The lowest BCUT2D eigenvalue weighted by atomic mass is 10.5. The van der Waals surface area contributed by atoms with E-state index in [4.69, 9.17) is 16.3 Å². The van der Waals surface area contributed by atoms with Gasteiger partial charge in [0.05, 0.1) is 6.20 Å². The van der Waals surface area contributed by atoms with Crippen molar-refractivity contribution in [3.8, 4) is 5.75 Å². The molecule has 0 aliphatic heterocycles. The van der Waals surface area contributed by atoms with Gasteiger partial charge in [-0.1, -0.05) is 24.3 Å². The fourth-order valence-electron chi connectivity index (χ4n) is 0.603. The molecule has 0 saturated carbocycles. The van der Waals surface area contributed by atoms with Crippen LogP contribution >= 0.6 is 11.6 Å². The Morgan fingerprint density at radius 2 is 2.45 bits per heavy atom. The molecule has 0 aliphatic rings. The highest BCUT2D eigenvalue weighted by Crippen LogP contribution is 2.11. The Morgan fingerprint density at radius 3 is 3.00 bits per heavy atom. The molecule has 0 bridgehead atoms. The molecule has 0 spiro atoms. The molecule has 0 N–H and O–H groups in total. The molecule has 0 fully saturated rings. The number of ether oxygens (including phenoxy) is 1. The van der Waals surface area contributed by atoms with Gasteiger partial charge < -0.3 is 4.74 Å². The van der Waals surface area contributed by atoms with Crippen molar-refractivity contribution >= 4 is 11.6 Å². The first-order valence-corrected chi connectivity index (χ1v) is 3.56. The lowest BCUT2D eigenvalue weighted by Gasteiger charge is -2.00. The molecule has 2 nitrogen and oxygen atoms in total. The monoisotopic (exact) mass is 169 g/mol. The van der Waals surface area contributed by atoms with Crippen LogP contribution in [0.25, 0.3) is 0 Å². The number of halogens is 1. The summed E-state index contributed by atoms with van der Waals surface area (Å²) >= 11 is 5.56. The minimum absolute atomic E-state index is 0.468. The molecule has 0 amide bonds. The molecule has 0 aliphatic carbocycles. The molecule has 1 rings (SSSR count). The molecule has 1 aromatic heterocycles. The van der Waals surface area contributed by atoms with E-state index in [0.29, 0.717) is 17.5 Å². The number of rotatable bonds is 3. The second kappa shape index (κ2) is 3.98. The number of hydrogen-bond donors (Lipinski definition) is 0. The normalized spacial score (nSPS) is 9.18. The van der Waals surface area contributed by atoms with Crippen molar-refractivity contribution in [1.82, 2.24) is 4.98 Å². The van der Waals surface area contributed by atoms with Crippen LogP contribution in [-0.2, 0) is 0 Å². The summed E-state index contributed by atoms with van der Waals surface area (Å²) in [5, 5.41) is 0.468. The third kappa shape index (κ3) is 2.60. The minimum atomic E-state index is 0.468. The molecule has 0 radical (unpaired) electrons. The van der Waals surface area contributed by atoms with Gasteiger partial charge >= 0.3 is 0 Å². The van der Waals surface area contributed by atoms with Crippen LogP contribution in [0.1, 0.15) is 0 Å². The van der Waals surface area contributed by atoms with Gasteiger partial charge in [0, 0.05) is 0 Å². The van der Waals surface area contributed by atoms with Crippen LogP contribution in [0, 0.1) is 0 Å². The Hall–Kier alpha value is -1.02. The van der Waals surface area contributed by atoms with Crippen LogP contribution in [0.5, 0.6) is 5.75 Å². The van der Waals surface area contributed by atoms with E-state index in [9.17, 15) is 0 Å². The summed E-state index contributed by atoms with van der Waals surface area (Å²) in [6, 6.07) is 3.44. The summed E-state index contributed by atoms with van der Waals surface area (Å²) in [5.41, 5.74) is 0. The SMILES string of the molecule is C=CCOc1ccc(Cl)nc1. The van der Waals surface area contributed by atoms with Crippen LogP contribution in [-0.4, -0.2) is 11.6 Å². The number of hydrogen-bond acceptors (Lipinski definition) is 2. The van der Waals surface area contributed by atoms with Crippen LogP contribution in [0.15, 0.2) is 31.0 Å². The van der Waals surface area contributed by atoms with Gasteiger partial charge in [-0.2, -0.15) is 0 Å². The topological polar surface area (TPSA) is 22.1 Å². The molecule has 1 heterocycles. The summed E-state index contributed by atoms with van der Waals surface area (Å²) in [5.74, 6) is 0.703. The fourth-order valence-corrected chi connectivity index (χ4v) is 0.715. The minimum Gasteiger partial charge on any atom is -0.488 e. The summed E-state index contributed by atoms with van der Waals surface area (Å²) in [7, 11) is 0. The van der Waals surface area contributed by atoms with Crippen molar-refractivity contribution in [2.45, 2.75) is 0 Å². The van der Waals surface area contributed by atoms with Crippen LogP contribution in [0.2, 0.25) is 5.15 Å². The summed E-state index contributed by atoms with van der Waals surface area (Å²) in [4.78, 5) is 3.84. The molecular formula is C8H8ClNO. The van der Waals surface area contributed by atoms with E-state index < -0.39 is 0 Å². The zero-order valence-electron chi connectivity index (χ0n) is 5.96. The predicted octanol–water partition coefficient (Wildman–Crippen LogP) is 2.30. The third-order valence-electron chi connectivity index (χ3n) is 1.07. The first-order chi connectivity index (χ1) is 5.33. The van der Waals surface area contributed by atoms with Gasteiger partial charge in [-0.3, -0.25) is 0 Å². The molecule has 1 aromatic rings. The third-order valence-corrected chi connectivity index (χ3v) is 1.29. The van der Waals surface area contributed by atoms with Crippen molar-refractivity contribution in [3.63, 3.8) is 0 Å². The van der Waals surface area contributed by atoms with Crippen LogP contribution in [0.3, 0.4) is 0 Å². The Kier molecular flexibility index (Phi) is 2.93.